The molecule has 0 aromatic heterocycles. The van der Waals surface area contributed by atoms with Gasteiger partial charge in [0.05, 0.1) is 25.2 Å². The van der Waals surface area contributed by atoms with Crippen LogP contribution in [-0.2, 0) is 11.2 Å². The van der Waals surface area contributed by atoms with Crippen molar-refractivity contribution in [2.75, 3.05) is 38.3 Å². The molecule has 0 spiro atoms. The average Bonchev–Trinajstić information content (AvgIpc) is 2.94. The molecule has 8 nitrogen and oxygen atoms in total. The van der Waals surface area contributed by atoms with E-state index in [0.29, 0.717) is 79.2 Å². The number of carbonyl (C=O) groups is 2. The number of nitrogens with one attached hydrogen (secondary N) is 1. The highest BCUT2D eigenvalue weighted by Gasteiger charge is 2.46. The molecular formula is C30H30N2O6. The van der Waals surface area contributed by atoms with Crippen molar-refractivity contribution in [1.29, 1.82) is 0 Å². The van der Waals surface area contributed by atoms with Gasteiger partial charge in [0.15, 0.2) is 23.0 Å². The van der Waals surface area contributed by atoms with Crippen LogP contribution in [0.1, 0.15) is 52.9 Å². The molecule has 0 saturated carbocycles. The highest BCUT2D eigenvalue weighted by Crippen LogP contribution is 2.48. The first kappa shape index (κ1) is 24.2. The van der Waals surface area contributed by atoms with Crippen LogP contribution in [0.5, 0.6) is 23.0 Å². The Hall–Kier alpha value is -4.20. The highest BCUT2D eigenvalue weighted by atomic mass is 16.6. The van der Waals surface area contributed by atoms with Crippen LogP contribution in [0.2, 0.25) is 0 Å². The first-order chi connectivity index (χ1) is 18.6. The second-order valence-electron chi connectivity index (χ2n) is 9.47. The minimum absolute atomic E-state index is 0.0634. The Kier molecular flexibility index (Phi) is 6.31. The molecule has 3 aromatic rings. The number of hydrogen-bond acceptors (Lipinski definition) is 6. The van der Waals surface area contributed by atoms with Crippen LogP contribution in [0, 0.1) is 0 Å². The number of fused-ring (bicyclic) bond motifs is 5. The molecule has 3 aliphatic rings. The van der Waals surface area contributed by atoms with Crippen LogP contribution in [0.4, 0.5) is 5.69 Å². The molecule has 6 rings (SSSR count). The van der Waals surface area contributed by atoms with Crippen molar-refractivity contribution in [3.63, 3.8) is 0 Å². The van der Waals surface area contributed by atoms with Gasteiger partial charge in [-0.25, -0.2) is 0 Å². The summed E-state index contributed by atoms with van der Waals surface area (Å²) in [5, 5.41) is 3.08. The molecular weight excluding hydrogens is 484 g/mol. The molecule has 0 unspecified atom stereocenters. The topological polar surface area (TPSA) is 86.3 Å². The summed E-state index contributed by atoms with van der Waals surface area (Å²) >= 11 is 0. The summed E-state index contributed by atoms with van der Waals surface area (Å²) in [5.41, 5.74) is 3.85. The van der Waals surface area contributed by atoms with E-state index >= 15 is 0 Å². The van der Waals surface area contributed by atoms with Crippen molar-refractivity contribution in [3.8, 4) is 23.0 Å². The smallest absolute Gasteiger partial charge is 0.254 e. The van der Waals surface area contributed by atoms with Gasteiger partial charge >= 0.3 is 0 Å². The van der Waals surface area contributed by atoms with E-state index in [0.717, 1.165) is 11.1 Å². The molecule has 38 heavy (non-hydrogen) atoms. The number of carbonyl (C=O) groups excluding carboxylic acids is 2. The zero-order chi connectivity index (χ0) is 26.2. The van der Waals surface area contributed by atoms with Gasteiger partial charge in [0, 0.05) is 23.9 Å². The van der Waals surface area contributed by atoms with E-state index in [1.54, 1.807) is 24.3 Å². The Morgan fingerprint density at radius 1 is 0.947 bits per heavy atom. The highest BCUT2D eigenvalue weighted by molar-refractivity contribution is 6.04. The average molecular weight is 515 g/mol. The van der Waals surface area contributed by atoms with Gasteiger partial charge in [0.2, 0.25) is 5.91 Å². The molecule has 2 atom stereocenters. The Bertz CT molecular complexity index is 1400. The Balaban J connectivity index is 1.44. The van der Waals surface area contributed by atoms with E-state index in [1.165, 1.54) is 0 Å². The number of ether oxygens (including phenoxy) is 4. The number of anilines is 1. The summed E-state index contributed by atoms with van der Waals surface area (Å²) in [7, 11) is 0. The molecule has 196 valence electrons. The minimum atomic E-state index is -0.622. The molecule has 0 bridgehead atoms. The Labute approximate surface area is 221 Å². The van der Waals surface area contributed by atoms with Gasteiger partial charge < -0.3 is 29.2 Å². The second kappa shape index (κ2) is 9.93. The molecule has 0 radical (unpaired) electrons. The largest absolute Gasteiger partial charge is 0.490 e. The standard InChI is InChI=1S/C30H30N2O6/c1-3-35-24-15-18-11-12-32-28(22(18)17-26(24)36-4-2)27(20-7-5-6-8-21(20)30(32)34)29(33)31-19-9-10-23-25(16-19)38-14-13-37-23/h5-10,15-17,27-28H,3-4,11-14H2,1-2H3,(H,31,33)/t27-,28-/m1/s1. The molecule has 3 heterocycles. The molecule has 1 N–H and O–H groups in total. The van der Waals surface area contributed by atoms with Gasteiger partial charge in [-0.15, -0.1) is 0 Å². The molecule has 2 amide bonds. The van der Waals surface area contributed by atoms with Crippen LogP contribution in [-0.4, -0.2) is 49.7 Å². The first-order valence-electron chi connectivity index (χ1n) is 13.1. The zero-order valence-corrected chi connectivity index (χ0v) is 21.5. The van der Waals surface area contributed by atoms with Crippen LogP contribution >= 0.6 is 0 Å². The van der Waals surface area contributed by atoms with Crippen molar-refractivity contribution in [3.05, 3.63) is 76.9 Å². The van der Waals surface area contributed by atoms with Crippen molar-refractivity contribution < 1.29 is 28.5 Å². The molecule has 0 aliphatic carbocycles. The van der Waals surface area contributed by atoms with E-state index < -0.39 is 12.0 Å². The minimum Gasteiger partial charge on any atom is -0.490 e. The van der Waals surface area contributed by atoms with Gasteiger partial charge in [0.25, 0.3) is 5.91 Å². The predicted octanol–water partition coefficient (Wildman–Crippen LogP) is 4.73. The summed E-state index contributed by atoms with van der Waals surface area (Å²) in [5.74, 6) is 1.67. The molecule has 3 aliphatic heterocycles. The van der Waals surface area contributed by atoms with Gasteiger partial charge in [-0.2, -0.15) is 0 Å². The summed E-state index contributed by atoms with van der Waals surface area (Å²) in [6.45, 7) is 6.32. The van der Waals surface area contributed by atoms with Gasteiger partial charge in [-0.3, -0.25) is 9.59 Å². The number of hydrogen-bond donors (Lipinski definition) is 1. The maximum absolute atomic E-state index is 14.1. The fourth-order valence-electron chi connectivity index (χ4n) is 5.69. The normalized spacial score (nSPS) is 19.1. The lowest BCUT2D eigenvalue weighted by atomic mass is 9.75. The molecule has 8 heteroatoms. The van der Waals surface area contributed by atoms with Crippen molar-refractivity contribution >= 4 is 17.5 Å². The van der Waals surface area contributed by atoms with Gasteiger partial charge in [-0.05, 0) is 67.3 Å². The van der Waals surface area contributed by atoms with E-state index in [2.05, 4.69) is 5.32 Å². The maximum Gasteiger partial charge on any atom is 0.254 e. The lowest BCUT2D eigenvalue weighted by Gasteiger charge is -2.45. The van der Waals surface area contributed by atoms with E-state index in [4.69, 9.17) is 18.9 Å². The van der Waals surface area contributed by atoms with Crippen LogP contribution in [0.15, 0.2) is 54.6 Å². The van der Waals surface area contributed by atoms with Gasteiger partial charge in [0.1, 0.15) is 13.2 Å². The maximum atomic E-state index is 14.1. The van der Waals surface area contributed by atoms with E-state index in [9.17, 15) is 9.59 Å². The third-order valence-electron chi connectivity index (χ3n) is 7.28. The molecule has 0 fully saturated rings. The quantitative estimate of drug-likeness (QED) is 0.512. The first-order valence-corrected chi connectivity index (χ1v) is 13.1. The lowest BCUT2D eigenvalue weighted by molar-refractivity contribution is -0.119. The fourth-order valence-corrected chi connectivity index (χ4v) is 5.69. The van der Waals surface area contributed by atoms with Crippen molar-refractivity contribution in [1.82, 2.24) is 4.90 Å². The Morgan fingerprint density at radius 3 is 2.47 bits per heavy atom. The van der Waals surface area contributed by atoms with Crippen LogP contribution in [0.25, 0.3) is 0 Å². The fraction of sp³-hybridized carbons (Fsp3) is 0.333. The second-order valence-corrected chi connectivity index (χ2v) is 9.47. The monoisotopic (exact) mass is 514 g/mol. The van der Waals surface area contributed by atoms with Gasteiger partial charge in [-0.1, -0.05) is 18.2 Å². The van der Waals surface area contributed by atoms with E-state index in [1.807, 2.05) is 49.1 Å². The summed E-state index contributed by atoms with van der Waals surface area (Å²) in [4.78, 5) is 29.5. The predicted molar refractivity (Wildman–Crippen MR) is 142 cm³/mol. The Morgan fingerprint density at radius 2 is 1.68 bits per heavy atom. The van der Waals surface area contributed by atoms with Crippen molar-refractivity contribution in [2.45, 2.75) is 32.2 Å². The third kappa shape index (κ3) is 4.10. The zero-order valence-electron chi connectivity index (χ0n) is 21.5. The summed E-state index contributed by atoms with van der Waals surface area (Å²) in [6.07, 6.45) is 0.669. The number of nitrogens with zero attached hydrogens (tertiary/aromatic N) is 1. The number of benzene rings is 3. The van der Waals surface area contributed by atoms with Crippen LogP contribution < -0.4 is 24.3 Å². The summed E-state index contributed by atoms with van der Waals surface area (Å²) in [6, 6.07) is 16.3. The number of amides is 2. The van der Waals surface area contributed by atoms with Crippen LogP contribution in [0.3, 0.4) is 0 Å². The number of rotatable bonds is 6. The molecule has 0 saturated heterocycles. The molecule has 3 aromatic carbocycles. The van der Waals surface area contributed by atoms with Crippen molar-refractivity contribution in [2.24, 2.45) is 0 Å². The summed E-state index contributed by atoms with van der Waals surface area (Å²) < 4.78 is 23.1. The third-order valence-corrected chi connectivity index (χ3v) is 7.28. The lowest BCUT2D eigenvalue weighted by Crippen LogP contribution is -2.49. The van der Waals surface area contributed by atoms with E-state index in [-0.39, 0.29) is 11.8 Å². The SMILES string of the molecule is CCOc1cc2c(cc1OCC)[C@@H]1[C@H](C(=O)Nc3ccc4c(c3)OCCO4)c3ccccc3C(=O)N1CC2.